The molecule has 0 unspecified atom stereocenters. The molecule has 2 rings (SSSR count). The van der Waals surface area contributed by atoms with Crippen LogP contribution in [0.5, 0.6) is 0 Å². The van der Waals surface area contributed by atoms with Crippen LogP contribution < -0.4 is 5.32 Å². The number of hydrogen-bond acceptors (Lipinski definition) is 4. The maximum atomic E-state index is 11.2. The minimum Gasteiger partial charge on any atom is -0.462 e. The number of rotatable bonds is 3. The van der Waals surface area contributed by atoms with Gasteiger partial charge in [-0.1, -0.05) is 12.1 Å². The molecule has 1 saturated heterocycles. The van der Waals surface area contributed by atoms with Crippen LogP contribution >= 0.6 is 0 Å². The van der Waals surface area contributed by atoms with Crippen LogP contribution in [0.15, 0.2) is 29.8 Å². The molecule has 0 atom stereocenters. The van der Waals surface area contributed by atoms with Gasteiger partial charge in [-0.25, -0.2) is 4.79 Å². The second-order valence-corrected chi connectivity index (χ2v) is 3.69. The van der Waals surface area contributed by atoms with Gasteiger partial charge in [0.1, 0.15) is 6.54 Å². The standard InChI is InChI=1S/C13H12N2O2/c14-6-7-15-12-3-1-10(2-4-12)9-11-5-8-17-13(11)16/h1-4,9,15H,5,7-8H2. The van der Waals surface area contributed by atoms with E-state index in [4.69, 9.17) is 10.00 Å². The zero-order valence-corrected chi connectivity index (χ0v) is 9.27. The molecular formula is C13H12N2O2. The van der Waals surface area contributed by atoms with Crippen LogP contribution in [0.25, 0.3) is 6.08 Å². The summed E-state index contributed by atoms with van der Waals surface area (Å²) in [6.07, 6.45) is 2.51. The molecule has 1 aliphatic rings. The van der Waals surface area contributed by atoms with Crippen LogP contribution in [0.2, 0.25) is 0 Å². The number of nitrogens with one attached hydrogen (secondary N) is 1. The number of anilines is 1. The predicted molar refractivity (Wildman–Crippen MR) is 64.1 cm³/mol. The molecule has 0 radical (unpaired) electrons. The van der Waals surface area contributed by atoms with Gasteiger partial charge >= 0.3 is 5.97 Å². The number of esters is 1. The Hall–Kier alpha value is -2.28. The number of hydrogen-bond donors (Lipinski definition) is 1. The third-order valence-corrected chi connectivity index (χ3v) is 2.49. The van der Waals surface area contributed by atoms with Gasteiger partial charge in [-0.2, -0.15) is 5.26 Å². The van der Waals surface area contributed by atoms with E-state index in [1.54, 1.807) is 0 Å². The quantitative estimate of drug-likeness (QED) is 0.488. The molecule has 17 heavy (non-hydrogen) atoms. The highest BCUT2D eigenvalue weighted by Gasteiger charge is 2.17. The van der Waals surface area contributed by atoms with E-state index in [1.165, 1.54) is 0 Å². The molecule has 0 amide bonds. The van der Waals surface area contributed by atoms with Crippen LogP contribution in [-0.2, 0) is 9.53 Å². The summed E-state index contributed by atoms with van der Waals surface area (Å²) in [5.74, 6) is -0.225. The molecule has 86 valence electrons. The summed E-state index contributed by atoms with van der Waals surface area (Å²) in [6.45, 7) is 0.763. The second kappa shape index (κ2) is 5.17. The summed E-state index contributed by atoms with van der Waals surface area (Å²) < 4.78 is 4.86. The van der Waals surface area contributed by atoms with Crippen molar-refractivity contribution in [1.29, 1.82) is 5.26 Å². The number of benzene rings is 1. The number of cyclic esters (lactones) is 1. The van der Waals surface area contributed by atoms with E-state index in [2.05, 4.69) is 5.32 Å². The van der Waals surface area contributed by atoms with Gasteiger partial charge in [0.2, 0.25) is 0 Å². The molecule has 1 aromatic carbocycles. The van der Waals surface area contributed by atoms with Crippen molar-refractivity contribution in [2.24, 2.45) is 0 Å². The van der Waals surface area contributed by atoms with E-state index in [0.29, 0.717) is 18.6 Å². The first-order chi connectivity index (χ1) is 8.29. The molecule has 0 bridgehead atoms. The van der Waals surface area contributed by atoms with Crippen molar-refractivity contribution in [3.63, 3.8) is 0 Å². The minimum absolute atomic E-state index is 0.225. The highest BCUT2D eigenvalue weighted by Crippen LogP contribution is 2.18. The molecule has 1 N–H and O–H groups in total. The number of nitriles is 1. The number of carbonyl (C=O) groups excluding carboxylic acids is 1. The molecule has 1 aliphatic heterocycles. The lowest BCUT2D eigenvalue weighted by Crippen LogP contribution is -1.97. The maximum absolute atomic E-state index is 11.2. The molecule has 0 spiro atoms. The Kier molecular flexibility index (Phi) is 3.41. The van der Waals surface area contributed by atoms with Gasteiger partial charge in [-0.3, -0.25) is 0 Å². The topological polar surface area (TPSA) is 62.1 Å². The van der Waals surface area contributed by atoms with Crippen LogP contribution in [0.4, 0.5) is 5.69 Å². The van der Waals surface area contributed by atoms with E-state index in [1.807, 2.05) is 36.4 Å². The number of ether oxygens (including phenoxy) is 1. The van der Waals surface area contributed by atoms with Crippen molar-refractivity contribution in [2.45, 2.75) is 6.42 Å². The normalized spacial score (nSPS) is 16.6. The number of carbonyl (C=O) groups is 1. The fraction of sp³-hybridized carbons (Fsp3) is 0.231. The van der Waals surface area contributed by atoms with Gasteiger partial charge in [0.15, 0.2) is 0 Å². The largest absolute Gasteiger partial charge is 0.462 e. The first kappa shape index (κ1) is 11.2. The van der Waals surface area contributed by atoms with Crippen molar-refractivity contribution in [2.75, 3.05) is 18.5 Å². The zero-order valence-electron chi connectivity index (χ0n) is 9.27. The van der Waals surface area contributed by atoms with Gasteiger partial charge in [-0.15, -0.1) is 0 Å². The van der Waals surface area contributed by atoms with Gasteiger partial charge in [0, 0.05) is 17.7 Å². The maximum Gasteiger partial charge on any atom is 0.334 e. The lowest BCUT2D eigenvalue weighted by molar-refractivity contribution is -0.134. The molecular weight excluding hydrogens is 216 g/mol. The summed E-state index contributed by atoms with van der Waals surface area (Å²) in [7, 11) is 0. The summed E-state index contributed by atoms with van der Waals surface area (Å²) in [4.78, 5) is 11.2. The molecule has 1 fully saturated rings. The van der Waals surface area contributed by atoms with E-state index in [9.17, 15) is 4.79 Å². The number of nitrogens with zero attached hydrogens (tertiary/aromatic N) is 1. The lowest BCUT2D eigenvalue weighted by atomic mass is 10.1. The van der Waals surface area contributed by atoms with Crippen molar-refractivity contribution >= 4 is 17.7 Å². The van der Waals surface area contributed by atoms with Gasteiger partial charge < -0.3 is 10.1 Å². The third-order valence-electron chi connectivity index (χ3n) is 2.49. The fourth-order valence-electron chi connectivity index (χ4n) is 1.62. The van der Waals surface area contributed by atoms with Gasteiger partial charge in [0.05, 0.1) is 12.7 Å². The Morgan fingerprint density at radius 1 is 1.41 bits per heavy atom. The minimum atomic E-state index is -0.225. The molecule has 4 nitrogen and oxygen atoms in total. The molecule has 1 aromatic rings. The molecule has 0 aliphatic carbocycles. The van der Waals surface area contributed by atoms with Crippen molar-refractivity contribution in [1.82, 2.24) is 0 Å². The first-order valence-corrected chi connectivity index (χ1v) is 5.38. The first-order valence-electron chi connectivity index (χ1n) is 5.38. The second-order valence-electron chi connectivity index (χ2n) is 3.69. The van der Waals surface area contributed by atoms with Crippen molar-refractivity contribution < 1.29 is 9.53 Å². The zero-order chi connectivity index (χ0) is 12.1. The van der Waals surface area contributed by atoms with E-state index in [0.717, 1.165) is 11.3 Å². The smallest absolute Gasteiger partial charge is 0.334 e. The highest BCUT2D eigenvalue weighted by molar-refractivity contribution is 5.95. The van der Waals surface area contributed by atoms with Crippen molar-refractivity contribution in [3.05, 3.63) is 35.4 Å². The molecule has 0 saturated carbocycles. The van der Waals surface area contributed by atoms with Crippen LogP contribution in [-0.4, -0.2) is 19.1 Å². The molecule has 1 heterocycles. The third kappa shape index (κ3) is 2.85. The van der Waals surface area contributed by atoms with Crippen LogP contribution in [0.1, 0.15) is 12.0 Å². The lowest BCUT2D eigenvalue weighted by Gasteiger charge is -2.01. The average Bonchev–Trinajstić information content (AvgIpc) is 2.74. The van der Waals surface area contributed by atoms with E-state index < -0.39 is 0 Å². The highest BCUT2D eigenvalue weighted by atomic mass is 16.5. The van der Waals surface area contributed by atoms with E-state index >= 15 is 0 Å². The molecule has 4 heteroatoms. The van der Waals surface area contributed by atoms with Gasteiger partial charge in [0.25, 0.3) is 0 Å². The summed E-state index contributed by atoms with van der Waals surface area (Å²) >= 11 is 0. The van der Waals surface area contributed by atoms with Crippen LogP contribution in [0, 0.1) is 11.3 Å². The Morgan fingerprint density at radius 3 is 2.76 bits per heavy atom. The van der Waals surface area contributed by atoms with E-state index in [-0.39, 0.29) is 12.5 Å². The average molecular weight is 228 g/mol. The summed E-state index contributed by atoms with van der Waals surface area (Å²) in [5.41, 5.74) is 2.56. The molecule has 0 aromatic heterocycles. The fourth-order valence-corrected chi connectivity index (χ4v) is 1.62. The van der Waals surface area contributed by atoms with Crippen LogP contribution in [0.3, 0.4) is 0 Å². The summed E-state index contributed by atoms with van der Waals surface area (Å²) in [6, 6.07) is 9.57. The SMILES string of the molecule is N#CCNc1ccc(C=C2CCOC2=O)cc1. The Balaban J connectivity index is 2.08. The van der Waals surface area contributed by atoms with Crippen molar-refractivity contribution in [3.8, 4) is 6.07 Å². The van der Waals surface area contributed by atoms with Gasteiger partial charge in [-0.05, 0) is 23.8 Å². The predicted octanol–water partition coefficient (Wildman–Crippen LogP) is 1.95. The Labute approximate surface area is 99.5 Å². The summed E-state index contributed by atoms with van der Waals surface area (Å²) in [5, 5.41) is 11.4. The Bertz CT molecular complexity index is 483. The monoisotopic (exact) mass is 228 g/mol. The Morgan fingerprint density at radius 2 is 2.18 bits per heavy atom.